The van der Waals surface area contributed by atoms with E-state index in [-0.39, 0.29) is 12.5 Å². The molecule has 1 aromatic heterocycles. The first-order chi connectivity index (χ1) is 15.2. The van der Waals surface area contributed by atoms with E-state index in [1.165, 1.54) is 11.8 Å². The third-order valence-corrected chi connectivity index (χ3v) is 5.95. The van der Waals surface area contributed by atoms with Gasteiger partial charge in [-0.2, -0.15) is 5.26 Å². The van der Waals surface area contributed by atoms with Crippen LogP contribution in [0.1, 0.15) is 12.0 Å². The summed E-state index contributed by atoms with van der Waals surface area (Å²) >= 11 is 1.38. The fourth-order valence-corrected chi connectivity index (χ4v) is 4.52. The standard InChI is InChI=1S/C24H22N4O2S/c1-30-15-7-13-28-23(29)22(31-24(28)26-19-8-3-2-4-9-19)16-18-17-27(14-12-25)21-11-6-5-10-20(18)21/h2-6,8-11,16-17H,7,13-15H2,1H3/b22-16-,26-24?. The van der Waals surface area contributed by atoms with Crippen LogP contribution in [0.2, 0.25) is 0 Å². The Hall–Kier alpha value is -3.34. The smallest absolute Gasteiger partial charge is 0.266 e. The van der Waals surface area contributed by atoms with Crippen LogP contribution in [-0.2, 0) is 16.1 Å². The molecule has 156 valence electrons. The minimum Gasteiger partial charge on any atom is -0.385 e. The normalized spacial score (nSPS) is 16.5. The molecule has 1 aliphatic heterocycles. The van der Waals surface area contributed by atoms with Gasteiger partial charge in [-0.3, -0.25) is 9.69 Å². The number of amidine groups is 1. The van der Waals surface area contributed by atoms with Crippen LogP contribution in [0.25, 0.3) is 17.0 Å². The van der Waals surface area contributed by atoms with E-state index in [0.29, 0.717) is 23.2 Å². The number of amides is 1. The summed E-state index contributed by atoms with van der Waals surface area (Å²) in [7, 11) is 1.65. The highest BCUT2D eigenvalue weighted by atomic mass is 32.2. The zero-order valence-electron chi connectivity index (χ0n) is 17.2. The molecule has 1 fully saturated rings. The highest BCUT2D eigenvalue weighted by Gasteiger charge is 2.33. The van der Waals surface area contributed by atoms with Gasteiger partial charge in [-0.05, 0) is 42.5 Å². The lowest BCUT2D eigenvalue weighted by Gasteiger charge is -2.15. The molecule has 0 atom stereocenters. The average Bonchev–Trinajstić information content (AvgIpc) is 3.28. The first kappa shape index (κ1) is 20.9. The molecule has 1 saturated heterocycles. The third kappa shape index (κ3) is 4.55. The zero-order chi connectivity index (χ0) is 21.6. The number of carbonyl (C=O) groups excluding carboxylic acids is 1. The van der Waals surface area contributed by atoms with E-state index < -0.39 is 0 Å². The number of hydrogen-bond acceptors (Lipinski definition) is 5. The van der Waals surface area contributed by atoms with E-state index in [9.17, 15) is 4.79 Å². The average molecular weight is 431 g/mol. The summed E-state index contributed by atoms with van der Waals surface area (Å²) in [4.78, 5) is 20.3. The highest BCUT2D eigenvalue weighted by molar-refractivity contribution is 8.18. The second-order valence-corrected chi connectivity index (χ2v) is 8.04. The van der Waals surface area contributed by atoms with Gasteiger partial charge < -0.3 is 9.30 Å². The number of methoxy groups -OCH3 is 1. The summed E-state index contributed by atoms with van der Waals surface area (Å²) in [5.74, 6) is -0.0621. The number of thioether (sulfide) groups is 1. The second-order valence-electron chi connectivity index (χ2n) is 7.03. The van der Waals surface area contributed by atoms with E-state index in [2.05, 4.69) is 6.07 Å². The Kier molecular flexibility index (Phi) is 6.51. The Labute approximate surface area is 185 Å². The maximum absolute atomic E-state index is 13.2. The van der Waals surface area contributed by atoms with Crippen LogP contribution in [0.5, 0.6) is 0 Å². The second kappa shape index (κ2) is 9.65. The van der Waals surface area contributed by atoms with Gasteiger partial charge in [0.2, 0.25) is 0 Å². The molecular weight excluding hydrogens is 408 g/mol. The lowest BCUT2D eigenvalue weighted by molar-refractivity contribution is -0.122. The van der Waals surface area contributed by atoms with Crippen molar-refractivity contribution in [1.29, 1.82) is 5.26 Å². The largest absolute Gasteiger partial charge is 0.385 e. The number of rotatable bonds is 7. The number of fused-ring (bicyclic) bond motifs is 1. The van der Waals surface area contributed by atoms with E-state index in [4.69, 9.17) is 15.0 Å². The molecule has 4 rings (SSSR count). The Morgan fingerprint density at radius 1 is 1.16 bits per heavy atom. The molecule has 0 spiro atoms. The molecule has 1 aliphatic rings. The maximum atomic E-state index is 13.2. The van der Waals surface area contributed by atoms with Crippen molar-refractivity contribution in [3.63, 3.8) is 0 Å². The van der Waals surface area contributed by atoms with Crippen molar-refractivity contribution in [2.24, 2.45) is 4.99 Å². The molecule has 7 heteroatoms. The molecule has 0 unspecified atom stereocenters. The van der Waals surface area contributed by atoms with Crippen molar-refractivity contribution in [3.8, 4) is 6.07 Å². The number of aromatic nitrogens is 1. The monoisotopic (exact) mass is 430 g/mol. The van der Waals surface area contributed by atoms with Crippen molar-refractivity contribution in [2.45, 2.75) is 13.0 Å². The number of nitrogens with zero attached hydrogens (tertiary/aromatic N) is 4. The Morgan fingerprint density at radius 3 is 2.71 bits per heavy atom. The van der Waals surface area contributed by atoms with Crippen molar-refractivity contribution < 1.29 is 9.53 Å². The van der Waals surface area contributed by atoms with Crippen molar-refractivity contribution in [1.82, 2.24) is 9.47 Å². The number of hydrogen-bond donors (Lipinski definition) is 0. The maximum Gasteiger partial charge on any atom is 0.266 e. The summed E-state index contributed by atoms with van der Waals surface area (Å²) in [6.07, 6.45) is 4.56. The topological polar surface area (TPSA) is 70.6 Å². The van der Waals surface area contributed by atoms with Gasteiger partial charge in [-0.25, -0.2) is 4.99 Å². The Balaban J connectivity index is 1.71. The summed E-state index contributed by atoms with van der Waals surface area (Å²) in [5, 5.41) is 10.8. The number of aliphatic imine (C=N–C) groups is 1. The van der Waals surface area contributed by atoms with E-state index in [0.717, 1.165) is 28.6 Å². The Bertz CT molecular complexity index is 1190. The van der Waals surface area contributed by atoms with Gasteiger partial charge in [0, 0.05) is 42.9 Å². The predicted molar refractivity (Wildman–Crippen MR) is 125 cm³/mol. The fraction of sp³-hybridized carbons (Fsp3) is 0.208. The molecule has 0 N–H and O–H groups in total. The van der Waals surface area contributed by atoms with Gasteiger partial charge in [0.25, 0.3) is 5.91 Å². The molecule has 6 nitrogen and oxygen atoms in total. The quantitative estimate of drug-likeness (QED) is 0.399. The molecule has 0 aliphatic carbocycles. The van der Waals surface area contributed by atoms with Gasteiger partial charge in [0.1, 0.15) is 6.54 Å². The zero-order valence-corrected chi connectivity index (χ0v) is 18.0. The number of nitriles is 1. The van der Waals surface area contributed by atoms with Gasteiger partial charge in [0.15, 0.2) is 5.17 Å². The first-order valence-electron chi connectivity index (χ1n) is 10.00. The van der Waals surface area contributed by atoms with Crippen molar-refractivity contribution in [3.05, 3.63) is 71.3 Å². The lowest BCUT2D eigenvalue weighted by Crippen LogP contribution is -2.30. The highest BCUT2D eigenvalue weighted by Crippen LogP contribution is 2.35. The predicted octanol–water partition coefficient (Wildman–Crippen LogP) is 4.81. The van der Waals surface area contributed by atoms with Gasteiger partial charge in [-0.15, -0.1) is 0 Å². The molecule has 0 saturated carbocycles. The number of benzene rings is 2. The molecule has 2 aromatic carbocycles. The van der Waals surface area contributed by atoms with E-state index >= 15 is 0 Å². The van der Waals surface area contributed by atoms with E-state index in [1.54, 1.807) is 12.0 Å². The lowest BCUT2D eigenvalue weighted by atomic mass is 10.1. The van der Waals surface area contributed by atoms with Crippen LogP contribution in [0.4, 0.5) is 5.69 Å². The molecule has 1 amide bonds. The fourth-order valence-electron chi connectivity index (χ4n) is 3.51. The van der Waals surface area contributed by atoms with Crippen LogP contribution in [0, 0.1) is 11.3 Å². The molecule has 0 radical (unpaired) electrons. The van der Waals surface area contributed by atoms with Gasteiger partial charge >= 0.3 is 0 Å². The van der Waals surface area contributed by atoms with Crippen LogP contribution in [0.15, 0.2) is 70.7 Å². The first-order valence-corrected chi connectivity index (χ1v) is 10.8. The summed E-state index contributed by atoms with van der Waals surface area (Å²) < 4.78 is 7.06. The molecule has 3 aromatic rings. The van der Waals surface area contributed by atoms with Gasteiger partial charge in [0.05, 0.1) is 16.7 Å². The molecule has 31 heavy (non-hydrogen) atoms. The van der Waals surface area contributed by atoms with Gasteiger partial charge in [-0.1, -0.05) is 36.4 Å². The summed E-state index contributed by atoms with van der Waals surface area (Å²) in [5.41, 5.74) is 2.70. The van der Waals surface area contributed by atoms with Crippen LogP contribution >= 0.6 is 11.8 Å². The molecular formula is C24H22N4O2S. The van der Waals surface area contributed by atoms with Crippen LogP contribution < -0.4 is 0 Å². The SMILES string of the molecule is COCCCN1C(=O)/C(=C/c2cn(CC#N)c3ccccc23)SC1=Nc1ccccc1. The number of ether oxygens (including phenoxy) is 1. The van der Waals surface area contributed by atoms with Crippen LogP contribution in [0.3, 0.4) is 0 Å². The van der Waals surface area contributed by atoms with E-state index in [1.807, 2.05) is 71.4 Å². The van der Waals surface area contributed by atoms with Crippen LogP contribution in [-0.4, -0.2) is 40.8 Å². The molecule has 0 bridgehead atoms. The summed E-state index contributed by atoms with van der Waals surface area (Å²) in [6.45, 7) is 1.38. The minimum atomic E-state index is -0.0621. The minimum absolute atomic E-state index is 0.0621. The van der Waals surface area contributed by atoms with Crippen molar-refractivity contribution in [2.75, 3.05) is 20.3 Å². The van der Waals surface area contributed by atoms with Crippen molar-refractivity contribution >= 4 is 45.5 Å². The number of carbonyl (C=O) groups is 1. The Morgan fingerprint density at radius 2 is 1.94 bits per heavy atom. The third-order valence-electron chi connectivity index (χ3n) is 4.95. The molecule has 2 heterocycles. The summed E-state index contributed by atoms with van der Waals surface area (Å²) in [6, 6.07) is 19.7. The number of para-hydroxylation sites is 2.